The van der Waals surface area contributed by atoms with Gasteiger partial charge in [-0.25, -0.2) is 4.98 Å². The second-order valence-electron chi connectivity index (χ2n) is 6.13. The number of hydrogen-bond donors (Lipinski definition) is 1. The molecule has 0 saturated carbocycles. The monoisotopic (exact) mass is 286 g/mol. The van der Waals surface area contributed by atoms with Gasteiger partial charge in [0.15, 0.2) is 0 Å². The number of aromatic nitrogens is 2. The van der Waals surface area contributed by atoms with Crippen molar-refractivity contribution in [2.75, 3.05) is 20.1 Å². The molecule has 0 aliphatic carbocycles. The zero-order chi connectivity index (χ0) is 14.7. The van der Waals surface area contributed by atoms with E-state index in [0.29, 0.717) is 12.6 Å². The molecule has 2 N–H and O–H groups in total. The van der Waals surface area contributed by atoms with Crippen LogP contribution >= 0.6 is 0 Å². The number of aryl methyl sites for hydroxylation is 1. The maximum atomic E-state index is 5.75. The summed E-state index contributed by atoms with van der Waals surface area (Å²) in [5.41, 5.74) is 8.10. The molecule has 2 heterocycles. The number of imidazole rings is 1. The molecule has 2 aromatic rings. The smallest absolute Gasteiger partial charge is 0.111 e. The number of piperidine rings is 1. The van der Waals surface area contributed by atoms with E-state index in [1.54, 1.807) is 0 Å². The van der Waals surface area contributed by atoms with Crippen LogP contribution in [0, 0.1) is 0 Å². The summed E-state index contributed by atoms with van der Waals surface area (Å²) in [7, 11) is 2.26. The summed E-state index contributed by atoms with van der Waals surface area (Å²) in [5.74, 6) is 1.14. The van der Waals surface area contributed by atoms with Crippen molar-refractivity contribution in [2.45, 2.75) is 44.7 Å². The van der Waals surface area contributed by atoms with Gasteiger partial charge in [0.1, 0.15) is 5.82 Å². The van der Waals surface area contributed by atoms with Gasteiger partial charge in [0.25, 0.3) is 0 Å². The molecule has 0 bridgehead atoms. The van der Waals surface area contributed by atoms with Crippen LogP contribution in [-0.4, -0.2) is 40.6 Å². The molecule has 4 heteroatoms. The van der Waals surface area contributed by atoms with Gasteiger partial charge in [-0.05, 0) is 51.5 Å². The highest BCUT2D eigenvalue weighted by Gasteiger charge is 2.19. The number of nitrogens with two attached hydrogens (primary N) is 1. The van der Waals surface area contributed by atoms with Gasteiger partial charge in [0, 0.05) is 19.0 Å². The van der Waals surface area contributed by atoms with E-state index in [4.69, 9.17) is 10.7 Å². The molecule has 1 aliphatic rings. The van der Waals surface area contributed by atoms with E-state index in [2.05, 4.69) is 40.8 Å². The normalized spacial score (nSPS) is 20.2. The Labute approximate surface area is 126 Å². The van der Waals surface area contributed by atoms with E-state index >= 15 is 0 Å². The van der Waals surface area contributed by atoms with Crippen LogP contribution in [0.1, 0.15) is 31.5 Å². The van der Waals surface area contributed by atoms with Crippen molar-refractivity contribution in [1.82, 2.24) is 14.5 Å². The summed E-state index contributed by atoms with van der Waals surface area (Å²) >= 11 is 0. The quantitative estimate of drug-likeness (QED) is 0.918. The van der Waals surface area contributed by atoms with Gasteiger partial charge in [0.05, 0.1) is 11.0 Å². The number of likely N-dealkylation sites (tertiary alicyclic amines) is 1. The molecule has 1 saturated heterocycles. The molecule has 1 aromatic heterocycles. The first-order valence-corrected chi connectivity index (χ1v) is 8.14. The lowest BCUT2D eigenvalue weighted by molar-refractivity contribution is 0.171. The number of nitrogens with zero attached hydrogens (tertiary/aromatic N) is 3. The van der Waals surface area contributed by atoms with Gasteiger partial charge in [-0.3, -0.25) is 0 Å². The highest BCUT2D eigenvalue weighted by atomic mass is 15.1. The van der Waals surface area contributed by atoms with Crippen LogP contribution < -0.4 is 5.73 Å². The standard InChI is InChI=1S/C17H26N4/c1-20-12-5-4-6-14(20)10-13-21-16-8-3-2-7-15(16)19-17(21)9-11-18/h2-3,7-8,14H,4-6,9-13,18H2,1H3. The van der Waals surface area contributed by atoms with Crippen molar-refractivity contribution in [3.63, 3.8) is 0 Å². The maximum absolute atomic E-state index is 5.75. The van der Waals surface area contributed by atoms with Crippen molar-refractivity contribution >= 4 is 11.0 Å². The van der Waals surface area contributed by atoms with Crippen molar-refractivity contribution in [3.8, 4) is 0 Å². The third kappa shape index (κ3) is 3.11. The molecular formula is C17H26N4. The molecule has 21 heavy (non-hydrogen) atoms. The van der Waals surface area contributed by atoms with E-state index in [-0.39, 0.29) is 0 Å². The van der Waals surface area contributed by atoms with Crippen molar-refractivity contribution in [3.05, 3.63) is 30.1 Å². The number of hydrogen-bond acceptors (Lipinski definition) is 3. The van der Waals surface area contributed by atoms with Crippen molar-refractivity contribution < 1.29 is 0 Å². The summed E-state index contributed by atoms with van der Waals surface area (Å²) in [6, 6.07) is 9.14. The minimum absolute atomic E-state index is 0.659. The predicted molar refractivity (Wildman–Crippen MR) is 87.4 cm³/mol. The number of para-hydroxylation sites is 2. The lowest BCUT2D eigenvalue weighted by Crippen LogP contribution is -2.36. The second kappa shape index (κ2) is 6.58. The maximum Gasteiger partial charge on any atom is 0.111 e. The van der Waals surface area contributed by atoms with Crippen LogP contribution in [0.3, 0.4) is 0 Å². The van der Waals surface area contributed by atoms with E-state index in [1.807, 2.05) is 0 Å². The largest absolute Gasteiger partial charge is 0.330 e. The molecule has 1 atom stereocenters. The first-order valence-electron chi connectivity index (χ1n) is 8.14. The van der Waals surface area contributed by atoms with Gasteiger partial charge in [-0.1, -0.05) is 18.6 Å². The third-order valence-corrected chi connectivity index (χ3v) is 4.71. The minimum atomic E-state index is 0.659. The van der Waals surface area contributed by atoms with E-state index in [0.717, 1.165) is 24.3 Å². The van der Waals surface area contributed by atoms with Gasteiger partial charge in [-0.15, -0.1) is 0 Å². The molecule has 4 nitrogen and oxygen atoms in total. The Bertz CT molecular complexity index is 589. The lowest BCUT2D eigenvalue weighted by atomic mass is 10.00. The van der Waals surface area contributed by atoms with Crippen LogP contribution in [0.4, 0.5) is 0 Å². The molecule has 0 radical (unpaired) electrons. The summed E-state index contributed by atoms with van der Waals surface area (Å²) < 4.78 is 2.38. The Morgan fingerprint density at radius 2 is 2.14 bits per heavy atom. The predicted octanol–water partition coefficient (Wildman–Crippen LogP) is 2.41. The van der Waals surface area contributed by atoms with Crippen LogP contribution in [0.5, 0.6) is 0 Å². The molecular weight excluding hydrogens is 260 g/mol. The van der Waals surface area contributed by atoms with Gasteiger partial charge >= 0.3 is 0 Å². The fourth-order valence-corrected chi connectivity index (χ4v) is 3.48. The van der Waals surface area contributed by atoms with Gasteiger partial charge in [0.2, 0.25) is 0 Å². The highest BCUT2D eigenvalue weighted by Crippen LogP contribution is 2.21. The van der Waals surface area contributed by atoms with E-state index in [1.165, 1.54) is 37.7 Å². The third-order valence-electron chi connectivity index (χ3n) is 4.71. The highest BCUT2D eigenvalue weighted by molar-refractivity contribution is 5.75. The van der Waals surface area contributed by atoms with Crippen molar-refractivity contribution in [2.24, 2.45) is 5.73 Å². The molecule has 0 spiro atoms. The molecule has 1 fully saturated rings. The van der Waals surface area contributed by atoms with Crippen molar-refractivity contribution in [1.29, 1.82) is 0 Å². The van der Waals surface area contributed by atoms with Gasteiger partial charge in [-0.2, -0.15) is 0 Å². The molecule has 114 valence electrons. The van der Waals surface area contributed by atoms with Gasteiger partial charge < -0.3 is 15.2 Å². The lowest BCUT2D eigenvalue weighted by Gasteiger charge is -2.32. The minimum Gasteiger partial charge on any atom is -0.330 e. The fraction of sp³-hybridized carbons (Fsp3) is 0.588. The Morgan fingerprint density at radius 1 is 1.29 bits per heavy atom. The summed E-state index contributed by atoms with van der Waals surface area (Å²) in [6.45, 7) is 2.95. The van der Waals surface area contributed by atoms with Crippen LogP contribution in [0.2, 0.25) is 0 Å². The molecule has 1 unspecified atom stereocenters. The molecule has 1 aliphatic heterocycles. The summed E-state index contributed by atoms with van der Waals surface area (Å²) in [6.07, 6.45) is 6.10. The average Bonchev–Trinajstić information content (AvgIpc) is 2.84. The van der Waals surface area contributed by atoms with E-state index in [9.17, 15) is 0 Å². The summed E-state index contributed by atoms with van der Waals surface area (Å²) in [5, 5.41) is 0. The topological polar surface area (TPSA) is 47.1 Å². The number of rotatable bonds is 5. The Kier molecular flexibility index (Phi) is 4.56. The second-order valence-corrected chi connectivity index (χ2v) is 6.13. The number of benzene rings is 1. The molecule has 0 amide bonds. The SMILES string of the molecule is CN1CCCCC1CCn1c(CCN)nc2ccccc21. The Hall–Kier alpha value is -1.39. The van der Waals surface area contributed by atoms with Crippen LogP contribution in [-0.2, 0) is 13.0 Å². The number of fused-ring (bicyclic) bond motifs is 1. The van der Waals surface area contributed by atoms with E-state index < -0.39 is 0 Å². The zero-order valence-corrected chi connectivity index (χ0v) is 13.0. The fourth-order valence-electron chi connectivity index (χ4n) is 3.48. The van der Waals surface area contributed by atoms with Crippen LogP contribution in [0.25, 0.3) is 11.0 Å². The average molecular weight is 286 g/mol. The van der Waals surface area contributed by atoms with Crippen LogP contribution in [0.15, 0.2) is 24.3 Å². The zero-order valence-electron chi connectivity index (χ0n) is 13.0. The summed E-state index contributed by atoms with van der Waals surface area (Å²) in [4.78, 5) is 7.27. The Balaban J connectivity index is 1.79. The molecule has 1 aromatic carbocycles. The first kappa shape index (κ1) is 14.5. The Morgan fingerprint density at radius 3 is 2.95 bits per heavy atom. The molecule has 3 rings (SSSR count). The first-order chi connectivity index (χ1) is 10.3.